The monoisotopic (exact) mass is 352 g/mol. The number of ether oxygens (including phenoxy) is 1. The van der Waals surface area contributed by atoms with E-state index in [0.29, 0.717) is 22.6 Å². The SMILES string of the molecule is COc1cccc(C(=O)Nc2ccc(C(=O)N3CCCC[C@@H]3C)cc2)c1. The van der Waals surface area contributed by atoms with Gasteiger partial charge < -0.3 is 15.0 Å². The zero-order valence-electron chi connectivity index (χ0n) is 15.2. The van der Waals surface area contributed by atoms with Crippen LogP contribution >= 0.6 is 0 Å². The van der Waals surface area contributed by atoms with Gasteiger partial charge in [-0.1, -0.05) is 6.07 Å². The highest BCUT2D eigenvalue weighted by Gasteiger charge is 2.24. The maximum absolute atomic E-state index is 12.7. The minimum Gasteiger partial charge on any atom is -0.497 e. The largest absolute Gasteiger partial charge is 0.497 e. The number of carbonyl (C=O) groups excluding carboxylic acids is 2. The van der Waals surface area contributed by atoms with Gasteiger partial charge >= 0.3 is 0 Å². The summed E-state index contributed by atoms with van der Waals surface area (Å²) in [7, 11) is 1.57. The average Bonchev–Trinajstić information content (AvgIpc) is 2.68. The highest BCUT2D eigenvalue weighted by molar-refractivity contribution is 6.04. The number of benzene rings is 2. The van der Waals surface area contributed by atoms with E-state index in [1.807, 2.05) is 4.90 Å². The summed E-state index contributed by atoms with van der Waals surface area (Å²) in [4.78, 5) is 26.9. The Morgan fingerprint density at radius 1 is 1.08 bits per heavy atom. The molecule has 1 atom stereocenters. The fourth-order valence-electron chi connectivity index (χ4n) is 3.23. The van der Waals surface area contributed by atoms with Crippen molar-refractivity contribution in [2.75, 3.05) is 19.0 Å². The molecule has 26 heavy (non-hydrogen) atoms. The first kappa shape index (κ1) is 18.0. The first-order valence-corrected chi connectivity index (χ1v) is 8.95. The fraction of sp³-hybridized carbons (Fsp3) is 0.333. The third-order valence-electron chi connectivity index (χ3n) is 4.79. The molecule has 0 unspecified atom stereocenters. The Kier molecular flexibility index (Phi) is 5.56. The molecule has 0 aromatic heterocycles. The molecule has 1 aliphatic heterocycles. The lowest BCUT2D eigenvalue weighted by atomic mass is 10.0. The van der Waals surface area contributed by atoms with E-state index in [9.17, 15) is 9.59 Å². The van der Waals surface area contributed by atoms with Crippen LogP contribution < -0.4 is 10.1 Å². The fourth-order valence-corrected chi connectivity index (χ4v) is 3.23. The second-order valence-electron chi connectivity index (χ2n) is 6.61. The highest BCUT2D eigenvalue weighted by atomic mass is 16.5. The van der Waals surface area contributed by atoms with E-state index in [4.69, 9.17) is 4.74 Å². The number of likely N-dealkylation sites (tertiary alicyclic amines) is 1. The van der Waals surface area contributed by atoms with Gasteiger partial charge in [0, 0.05) is 29.4 Å². The lowest BCUT2D eigenvalue weighted by Crippen LogP contribution is -2.42. The molecule has 1 heterocycles. The summed E-state index contributed by atoms with van der Waals surface area (Å²) >= 11 is 0. The average molecular weight is 352 g/mol. The number of hydrogen-bond donors (Lipinski definition) is 1. The van der Waals surface area contributed by atoms with Crippen LogP contribution in [-0.2, 0) is 0 Å². The summed E-state index contributed by atoms with van der Waals surface area (Å²) in [5, 5.41) is 2.84. The van der Waals surface area contributed by atoms with Crippen molar-refractivity contribution in [1.29, 1.82) is 0 Å². The van der Waals surface area contributed by atoms with Gasteiger partial charge in [0.15, 0.2) is 0 Å². The molecular weight excluding hydrogens is 328 g/mol. The number of nitrogens with one attached hydrogen (secondary N) is 1. The van der Waals surface area contributed by atoms with Crippen molar-refractivity contribution in [1.82, 2.24) is 4.90 Å². The predicted molar refractivity (Wildman–Crippen MR) is 102 cm³/mol. The van der Waals surface area contributed by atoms with Gasteiger partial charge in [-0.15, -0.1) is 0 Å². The second-order valence-corrected chi connectivity index (χ2v) is 6.61. The molecule has 0 saturated carbocycles. The summed E-state index contributed by atoms with van der Waals surface area (Å²) in [6.07, 6.45) is 3.30. The second kappa shape index (κ2) is 8.04. The van der Waals surface area contributed by atoms with E-state index in [1.54, 1.807) is 55.6 Å². The van der Waals surface area contributed by atoms with Crippen molar-refractivity contribution in [2.45, 2.75) is 32.2 Å². The van der Waals surface area contributed by atoms with Gasteiger partial charge in [0.25, 0.3) is 11.8 Å². The normalized spacial score (nSPS) is 16.8. The van der Waals surface area contributed by atoms with Crippen LogP contribution in [0.4, 0.5) is 5.69 Å². The van der Waals surface area contributed by atoms with E-state index in [-0.39, 0.29) is 17.9 Å². The lowest BCUT2D eigenvalue weighted by molar-refractivity contribution is 0.0635. The molecule has 0 aliphatic carbocycles. The minimum absolute atomic E-state index is 0.0582. The molecule has 1 saturated heterocycles. The molecule has 5 nitrogen and oxygen atoms in total. The van der Waals surface area contributed by atoms with Crippen molar-refractivity contribution >= 4 is 17.5 Å². The van der Waals surface area contributed by atoms with Crippen LogP contribution in [0.1, 0.15) is 46.9 Å². The van der Waals surface area contributed by atoms with Crippen LogP contribution in [-0.4, -0.2) is 36.4 Å². The molecule has 0 spiro atoms. The third-order valence-corrected chi connectivity index (χ3v) is 4.79. The van der Waals surface area contributed by atoms with Crippen LogP contribution in [0.3, 0.4) is 0 Å². The zero-order valence-corrected chi connectivity index (χ0v) is 15.2. The highest BCUT2D eigenvalue weighted by Crippen LogP contribution is 2.20. The van der Waals surface area contributed by atoms with Crippen LogP contribution in [0.25, 0.3) is 0 Å². The molecule has 2 aromatic rings. The van der Waals surface area contributed by atoms with Crippen molar-refractivity contribution in [3.05, 3.63) is 59.7 Å². The number of carbonyl (C=O) groups is 2. The van der Waals surface area contributed by atoms with Crippen LogP contribution in [0.15, 0.2) is 48.5 Å². The molecule has 136 valence electrons. The number of piperidine rings is 1. The molecular formula is C21H24N2O3. The first-order chi connectivity index (χ1) is 12.6. The number of hydrogen-bond acceptors (Lipinski definition) is 3. The van der Waals surface area contributed by atoms with Crippen molar-refractivity contribution in [2.24, 2.45) is 0 Å². The van der Waals surface area contributed by atoms with Gasteiger partial charge in [-0.05, 0) is 68.7 Å². The molecule has 0 radical (unpaired) electrons. The van der Waals surface area contributed by atoms with Crippen LogP contribution in [0.5, 0.6) is 5.75 Å². The van der Waals surface area contributed by atoms with Gasteiger partial charge in [0.1, 0.15) is 5.75 Å². The lowest BCUT2D eigenvalue weighted by Gasteiger charge is -2.33. The number of amides is 2. The van der Waals surface area contributed by atoms with Gasteiger partial charge in [-0.3, -0.25) is 9.59 Å². The number of nitrogens with zero attached hydrogens (tertiary/aromatic N) is 1. The van der Waals surface area contributed by atoms with E-state index in [2.05, 4.69) is 12.2 Å². The maximum atomic E-state index is 12.7. The Morgan fingerprint density at radius 2 is 1.85 bits per heavy atom. The molecule has 3 rings (SSSR count). The first-order valence-electron chi connectivity index (χ1n) is 8.95. The van der Waals surface area contributed by atoms with Gasteiger partial charge in [0.05, 0.1) is 7.11 Å². The zero-order chi connectivity index (χ0) is 18.5. The Morgan fingerprint density at radius 3 is 2.54 bits per heavy atom. The predicted octanol–water partition coefficient (Wildman–Crippen LogP) is 3.96. The minimum atomic E-state index is -0.215. The summed E-state index contributed by atoms with van der Waals surface area (Å²) in [6, 6.07) is 14.3. The summed E-state index contributed by atoms with van der Waals surface area (Å²) < 4.78 is 5.14. The van der Waals surface area contributed by atoms with Crippen LogP contribution in [0, 0.1) is 0 Å². The van der Waals surface area contributed by atoms with E-state index in [1.165, 1.54) is 6.42 Å². The molecule has 1 aliphatic rings. The van der Waals surface area contributed by atoms with E-state index in [0.717, 1.165) is 19.4 Å². The Hall–Kier alpha value is -2.82. The Balaban J connectivity index is 1.67. The number of anilines is 1. The van der Waals surface area contributed by atoms with Crippen molar-refractivity contribution < 1.29 is 14.3 Å². The van der Waals surface area contributed by atoms with Gasteiger partial charge in [0.2, 0.25) is 0 Å². The van der Waals surface area contributed by atoms with E-state index < -0.39 is 0 Å². The maximum Gasteiger partial charge on any atom is 0.255 e. The van der Waals surface area contributed by atoms with Gasteiger partial charge in [-0.25, -0.2) is 0 Å². The topological polar surface area (TPSA) is 58.6 Å². The quantitative estimate of drug-likeness (QED) is 0.906. The van der Waals surface area contributed by atoms with Gasteiger partial charge in [-0.2, -0.15) is 0 Å². The van der Waals surface area contributed by atoms with Crippen molar-refractivity contribution in [3.63, 3.8) is 0 Å². The molecule has 2 amide bonds. The smallest absolute Gasteiger partial charge is 0.255 e. The molecule has 2 aromatic carbocycles. The molecule has 0 bridgehead atoms. The van der Waals surface area contributed by atoms with Crippen molar-refractivity contribution in [3.8, 4) is 5.75 Å². The third kappa shape index (κ3) is 4.04. The molecule has 5 heteroatoms. The molecule has 1 N–H and O–H groups in total. The summed E-state index contributed by atoms with van der Waals surface area (Å²) in [5.41, 5.74) is 1.82. The summed E-state index contributed by atoms with van der Waals surface area (Å²) in [5.74, 6) is 0.477. The van der Waals surface area contributed by atoms with E-state index >= 15 is 0 Å². The Bertz CT molecular complexity index is 786. The number of methoxy groups -OCH3 is 1. The Labute approximate surface area is 154 Å². The number of rotatable bonds is 4. The van der Waals surface area contributed by atoms with Crippen LogP contribution in [0.2, 0.25) is 0 Å². The summed E-state index contributed by atoms with van der Waals surface area (Å²) in [6.45, 7) is 2.91. The standard InChI is InChI=1S/C21H24N2O3/c1-15-6-3-4-13-23(15)21(25)16-9-11-18(12-10-16)22-20(24)17-7-5-8-19(14-17)26-2/h5,7-12,14-15H,3-4,6,13H2,1-2H3,(H,22,24)/t15-/m0/s1. The molecule has 1 fully saturated rings.